The monoisotopic (exact) mass is 189 g/mol. The average molecular weight is 189 g/mol. The minimum absolute atomic E-state index is 0.332. The number of nitrogens with zero attached hydrogens (tertiary/aromatic N) is 1. The maximum Gasteiger partial charge on any atom is 0.0474 e. The summed E-state index contributed by atoms with van der Waals surface area (Å²) < 4.78 is 0. The highest BCUT2D eigenvalue weighted by Gasteiger charge is 2.28. The van der Waals surface area contributed by atoms with E-state index in [1.54, 1.807) is 0 Å². The molecule has 3 atom stereocenters. The van der Waals surface area contributed by atoms with Gasteiger partial charge in [0.05, 0.1) is 0 Å². The summed E-state index contributed by atoms with van der Waals surface area (Å²) in [5, 5.41) is 9.48. The molecule has 1 aliphatic heterocycles. The molecule has 0 amide bonds. The highest BCUT2D eigenvalue weighted by Crippen LogP contribution is 2.22. The van der Waals surface area contributed by atoms with Crippen LogP contribution in [0.2, 0.25) is 0 Å². The first-order valence-corrected chi connectivity index (χ1v) is 5.16. The number of likely N-dealkylation sites (tertiary alicyclic amines) is 1. The molecule has 1 aliphatic rings. The summed E-state index contributed by atoms with van der Waals surface area (Å²) in [6.07, 6.45) is 0. The molecule has 1 heterocycles. The first-order chi connectivity index (χ1) is 5.63. The molecule has 0 aromatic heterocycles. The van der Waals surface area contributed by atoms with Gasteiger partial charge in [-0.2, -0.15) is 12.6 Å². The third-order valence-electron chi connectivity index (χ3n) is 2.60. The number of rotatable bonds is 3. The number of hydrogen-bond acceptors (Lipinski definition) is 3. The molecule has 12 heavy (non-hydrogen) atoms. The Labute approximate surface area is 80.4 Å². The van der Waals surface area contributed by atoms with E-state index in [1.165, 1.54) is 0 Å². The van der Waals surface area contributed by atoms with Gasteiger partial charge in [0, 0.05) is 31.5 Å². The van der Waals surface area contributed by atoms with Crippen LogP contribution in [0, 0.1) is 11.8 Å². The first kappa shape index (κ1) is 10.4. The number of aliphatic hydroxyl groups excluding tert-OH is 1. The number of thiol groups is 1. The van der Waals surface area contributed by atoms with Crippen molar-refractivity contribution in [2.24, 2.45) is 11.8 Å². The normalized spacial score (nSPS) is 34.0. The molecule has 0 spiro atoms. The lowest BCUT2D eigenvalue weighted by Gasteiger charge is -2.17. The average Bonchev–Trinajstić information content (AvgIpc) is 2.29. The molecular formula is C9H19NOS. The summed E-state index contributed by atoms with van der Waals surface area (Å²) in [5.41, 5.74) is 0. The van der Waals surface area contributed by atoms with Gasteiger partial charge in [0.2, 0.25) is 0 Å². The van der Waals surface area contributed by atoms with Crippen LogP contribution in [0.4, 0.5) is 0 Å². The fourth-order valence-corrected chi connectivity index (χ4v) is 2.13. The van der Waals surface area contributed by atoms with Crippen molar-refractivity contribution in [3.63, 3.8) is 0 Å². The number of aliphatic hydroxyl groups is 1. The minimum Gasteiger partial charge on any atom is -0.396 e. The molecule has 1 N–H and O–H groups in total. The molecule has 72 valence electrons. The fourth-order valence-electron chi connectivity index (χ4n) is 1.90. The molecule has 0 aliphatic carbocycles. The maximum absolute atomic E-state index is 9.04. The van der Waals surface area contributed by atoms with Crippen molar-refractivity contribution in [2.75, 3.05) is 26.2 Å². The lowest BCUT2D eigenvalue weighted by atomic mass is 10.00. The predicted octanol–water partition coefficient (Wildman–Crippen LogP) is 0.865. The summed E-state index contributed by atoms with van der Waals surface area (Å²) >= 11 is 4.36. The SMILES string of the molecule is CC(S)CN1CC(C)C(CO)C1. The highest BCUT2D eigenvalue weighted by atomic mass is 32.1. The van der Waals surface area contributed by atoms with Crippen molar-refractivity contribution in [3.05, 3.63) is 0 Å². The molecule has 3 unspecified atom stereocenters. The van der Waals surface area contributed by atoms with Crippen LogP contribution in [0.3, 0.4) is 0 Å². The van der Waals surface area contributed by atoms with Crippen molar-refractivity contribution in [1.29, 1.82) is 0 Å². The lowest BCUT2D eigenvalue weighted by molar-refractivity contribution is 0.205. The highest BCUT2D eigenvalue weighted by molar-refractivity contribution is 7.80. The summed E-state index contributed by atoms with van der Waals surface area (Å²) in [4.78, 5) is 2.39. The van der Waals surface area contributed by atoms with Gasteiger partial charge in [-0.1, -0.05) is 13.8 Å². The second-order valence-corrected chi connectivity index (χ2v) is 4.87. The van der Waals surface area contributed by atoms with Crippen LogP contribution in [-0.4, -0.2) is 41.5 Å². The summed E-state index contributed by atoms with van der Waals surface area (Å²) in [6, 6.07) is 0. The minimum atomic E-state index is 0.332. The zero-order chi connectivity index (χ0) is 9.14. The largest absolute Gasteiger partial charge is 0.396 e. The molecule has 3 heteroatoms. The second-order valence-electron chi connectivity index (χ2n) is 3.99. The third-order valence-corrected chi connectivity index (χ3v) is 2.76. The molecule has 0 aromatic carbocycles. The Kier molecular flexibility index (Phi) is 3.87. The van der Waals surface area contributed by atoms with E-state index in [9.17, 15) is 0 Å². The van der Waals surface area contributed by atoms with Crippen LogP contribution in [0.1, 0.15) is 13.8 Å². The van der Waals surface area contributed by atoms with Crippen LogP contribution < -0.4 is 0 Å². The molecule has 0 radical (unpaired) electrons. The number of hydrogen-bond donors (Lipinski definition) is 2. The Bertz CT molecular complexity index is 140. The molecule has 1 saturated heterocycles. The van der Waals surface area contributed by atoms with E-state index < -0.39 is 0 Å². The van der Waals surface area contributed by atoms with Crippen LogP contribution in [0.5, 0.6) is 0 Å². The van der Waals surface area contributed by atoms with Gasteiger partial charge >= 0.3 is 0 Å². The van der Waals surface area contributed by atoms with Crippen molar-refractivity contribution in [3.8, 4) is 0 Å². The Balaban J connectivity index is 2.33. The smallest absolute Gasteiger partial charge is 0.0474 e. The topological polar surface area (TPSA) is 23.5 Å². The van der Waals surface area contributed by atoms with Gasteiger partial charge < -0.3 is 10.0 Å². The van der Waals surface area contributed by atoms with E-state index in [-0.39, 0.29) is 0 Å². The summed E-state index contributed by atoms with van der Waals surface area (Å²) in [6.45, 7) is 7.87. The first-order valence-electron chi connectivity index (χ1n) is 4.64. The molecule has 0 saturated carbocycles. The zero-order valence-electron chi connectivity index (χ0n) is 7.90. The summed E-state index contributed by atoms with van der Waals surface area (Å²) in [5.74, 6) is 1.12. The van der Waals surface area contributed by atoms with Gasteiger partial charge in [-0.05, 0) is 11.8 Å². The van der Waals surface area contributed by atoms with Crippen LogP contribution in [0.15, 0.2) is 0 Å². The Morgan fingerprint density at radius 3 is 2.67 bits per heavy atom. The van der Waals surface area contributed by atoms with E-state index in [4.69, 9.17) is 5.11 Å². The van der Waals surface area contributed by atoms with E-state index in [2.05, 4.69) is 31.4 Å². The summed E-state index contributed by atoms with van der Waals surface area (Å²) in [7, 11) is 0. The molecule has 2 nitrogen and oxygen atoms in total. The molecule has 1 rings (SSSR count). The zero-order valence-corrected chi connectivity index (χ0v) is 8.80. The Hall–Kier alpha value is 0.270. The van der Waals surface area contributed by atoms with Gasteiger partial charge in [-0.15, -0.1) is 0 Å². The third kappa shape index (κ3) is 2.64. The molecule has 1 fully saturated rings. The standard InChI is InChI=1S/C9H19NOS/c1-7-3-10(4-8(2)12)5-9(7)6-11/h7-9,11-12H,3-6H2,1-2H3. The lowest BCUT2D eigenvalue weighted by Crippen LogP contribution is -2.27. The second kappa shape index (κ2) is 4.49. The molecular weight excluding hydrogens is 170 g/mol. The Morgan fingerprint density at radius 2 is 2.25 bits per heavy atom. The van der Waals surface area contributed by atoms with Gasteiger partial charge in [-0.25, -0.2) is 0 Å². The van der Waals surface area contributed by atoms with Crippen molar-refractivity contribution in [1.82, 2.24) is 4.90 Å². The van der Waals surface area contributed by atoms with Gasteiger partial charge in [0.15, 0.2) is 0 Å². The Morgan fingerprint density at radius 1 is 1.58 bits per heavy atom. The molecule has 0 aromatic rings. The molecule has 0 bridgehead atoms. The van der Waals surface area contributed by atoms with Crippen LogP contribution in [0.25, 0.3) is 0 Å². The van der Waals surface area contributed by atoms with Crippen molar-refractivity contribution in [2.45, 2.75) is 19.1 Å². The van der Waals surface area contributed by atoms with Crippen LogP contribution >= 0.6 is 12.6 Å². The maximum atomic E-state index is 9.04. The fraction of sp³-hybridized carbons (Fsp3) is 1.00. The van der Waals surface area contributed by atoms with Gasteiger partial charge in [0.25, 0.3) is 0 Å². The van der Waals surface area contributed by atoms with Gasteiger partial charge in [0.1, 0.15) is 0 Å². The van der Waals surface area contributed by atoms with Crippen molar-refractivity contribution < 1.29 is 5.11 Å². The van der Waals surface area contributed by atoms with E-state index in [0.29, 0.717) is 23.7 Å². The quantitative estimate of drug-likeness (QED) is 0.643. The van der Waals surface area contributed by atoms with E-state index in [1.807, 2.05) is 0 Å². The van der Waals surface area contributed by atoms with E-state index in [0.717, 1.165) is 19.6 Å². The van der Waals surface area contributed by atoms with Gasteiger partial charge in [-0.3, -0.25) is 0 Å². The van der Waals surface area contributed by atoms with Crippen LogP contribution in [-0.2, 0) is 0 Å². The van der Waals surface area contributed by atoms with E-state index >= 15 is 0 Å². The predicted molar refractivity (Wildman–Crippen MR) is 54.6 cm³/mol. The van der Waals surface area contributed by atoms with Crippen molar-refractivity contribution >= 4 is 12.6 Å².